The van der Waals surface area contributed by atoms with Crippen LogP contribution in [-0.2, 0) is 24.3 Å². The van der Waals surface area contributed by atoms with Gasteiger partial charge in [0.1, 0.15) is 6.17 Å². The zero-order valence-corrected chi connectivity index (χ0v) is 17.9. The Balaban J connectivity index is 1.85. The van der Waals surface area contributed by atoms with E-state index in [-0.39, 0.29) is 10.8 Å². The van der Waals surface area contributed by atoms with Crippen LogP contribution in [0.5, 0.6) is 0 Å². The number of para-hydroxylation sites is 1. The van der Waals surface area contributed by atoms with E-state index < -0.39 is 34.3 Å². The van der Waals surface area contributed by atoms with E-state index in [9.17, 15) is 18.0 Å². The Kier molecular flexibility index (Phi) is 5.45. The standard InChI is InChI=1S/C22H22N2O6S/c1-29-20(25)13-12-15-14-18-17-10-6-7-11-19(17)24(21(18)23(15)22(26)30-2)31(27,28)16-8-4-3-5-9-16/h3-13,15,18,21H,14H2,1-2H3/b13-12+/t15-,18-,21+/m1/s1. The molecule has 2 aromatic rings. The smallest absolute Gasteiger partial charge is 0.411 e. The number of hydrogen-bond acceptors (Lipinski definition) is 6. The lowest BCUT2D eigenvalue weighted by Crippen LogP contribution is -2.51. The fourth-order valence-electron chi connectivity index (χ4n) is 4.35. The van der Waals surface area contributed by atoms with E-state index in [4.69, 9.17) is 4.74 Å². The predicted octanol–water partition coefficient (Wildman–Crippen LogP) is 2.88. The number of rotatable bonds is 4. The molecule has 3 atom stereocenters. The third-order valence-electron chi connectivity index (χ3n) is 5.65. The summed E-state index contributed by atoms with van der Waals surface area (Å²) in [6.45, 7) is 0. The van der Waals surface area contributed by atoms with Crippen LogP contribution in [0.25, 0.3) is 0 Å². The molecule has 2 heterocycles. The first kappa shape index (κ1) is 20.9. The minimum absolute atomic E-state index is 0.129. The highest BCUT2D eigenvalue weighted by atomic mass is 32.2. The summed E-state index contributed by atoms with van der Waals surface area (Å²) in [7, 11) is -1.46. The lowest BCUT2D eigenvalue weighted by Gasteiger charge is -2.34. The number of benzene rings is 2. The van der Waals surface area contributed by atoms with E-state index in [2.05, 4.69) is 4.74 Å². The predicted molar refractivity (Wildman–Crippen MR) is 113 cm³/mol. The quantitative estimate of drug-likeness (QED) is 0.534. The van der Waals surface area contributed by atoms with Crippen molar-refractivity contribution in [3.8, 4) is 0 Å². The molecule has 0 saturated carbocycles. The van der Waals surface area contributed by atoms with Crippen LogP contribution in [0.3, 0.4) is 0 Å². The van der Waals surface area contributed by atoms with Crippen molar-refractivity contribution in [2.75, 3.05) is 18.5 Å². The normalized spacial score (nSPS) is 22.3. The van der Waals surface area contributed by atoms with E-state index in [1.165, 1.54) is 41.6 Å². The second-order valence-electron chi connectivity index (χ2n) is 7.26. The number of sulfonamides is 1. The van der Waals surface area contributed by atoms with Crippen LogP contribution >= 0.6 is 0 Å². The van der Waals surface area contributed by atoms with Gasteiger partial charge < -0.3 is 9.47 Å². The van der Waals surface area contributed by atoms with Gasteiger partial charge in [-0.15, -0.1) is 0 Å². The molecule has 4 rings (SSSR count). The summed E-state index contributed by atoms with van der Waals surface area (Å²) in [5, 5.41) is 0. The van der Waals surface area contributed by atoms with Crippen LogP contribution in [0.4, 0.5) is 10.5 Å². The Bertz CT molecular complexity index is 1130. The molecule has 8 nitrogen and oxygen atoms in total. The summed E-state index contributed by atoms with van der Waals surface area (Å²) in [4.78, 5) is 25.9. The van der Waals surface area contributed by atoms with Crippen molar-refractivity contribution in [1.82, 2.24) is 4.90 Å². The Morgan fingerprint density at radius 2 is 1.68 bits per heavy atom. The maximum absolute atomic E-state index is 13.7. The van der Waals surface area contributed by atoms with Crippen molar-refractivity contribution in [2.24, 2.45) is 0 Å². The number of likely N-dealkylation sites (tertiary alicyclic amines) is 1. The Labute approximate surface area is 180 Å². The van der Waals surface area contributed by atoms with Gasteiger partial charge in [0.15, 0.2) is 0 Å². The molecule has 162 valence electrons. The first-order valence-corrected chi connectivity index (χ1v) is 11.1. The SMILES string of the molecule is COC(=O)/C=C/[C@@H]1C[C@@H]2c3ccccc3N(S(=O)(=O)c3ccccc3)[C@@H]2N1C(=O)OC. The third-order valence-corrected chi connectivity index (χ3v) is 7.45. The van der Waals surface area contributed by atoms with Crippen molar-refractivity contribution in [2.45, 2.75) is 29.4 Å². The van der Waals surface area contributed by atoms with Gasteiger partial charge in [-0.25, -0.2) is 22.3 Å². The maximum atomic E-state index is 13.7. The zero-order chi connectivity index (χ0) is 22.2. The number of ether oxygens (including phenoxy) is 2. The summed E-state index contributed by atoms with van der Waals surface area (Å²) in [5.41, 5.74) is 1.36. The summed E-state index contributed by atoms with van der Waals surface area (Å²) < 4.78 is 38.3. The molecule has 1 amide bonds. The number of anilines is 1. The maximum Gasteiger partial charge on any atom is 0.411 e. The molecule has 0 aliphatic carbocycles. The molecule has 9 heteroatoms. The van der Waals surface area contributed by atoms with E-state index in [0.29, 0.717) is 12.1 Å². The molecule has 0 radical (unpaired) electrons. The molecule has 0 unspecified atom stereocenters. The topological polar surface area (TPSA) is 93.2 Å². The molecule has 0 aromatic heterocycles. The molecule has 2 aromatic carbocycles. The van der Waals surface area contributed by atoms with Gasteiger partial charge in [0.25, 0.3) is 10.0 Å². The van der Waals surface area contributed by atoms with Crippen LogP contribution in [0.1, 0.15) is 17.9 Å². The number of carbonyl (C=O) groups excluding carboxylic acids is 2. The van der Waals surface area contributed by atoms with Crippen LogP contribution < -0.4 is 4.31 Å². The lowest BCUT2D eigenvalue weighted by molar-refractivity contribution is -0.134. The largest absolute Gasteiger partial charge is 0.466 e. The summed E-state index contributed by atoms with van der Waals surface area (Å²) in [6.07, 6.45) is 1.74. The van der Waals surface area contributed by atoms with Crippen molar-refractivity contribution in [3.63, 3.8) is 0 Å². The van der Waals surface area contributed by atoms with E-state index in [1.54, 1.807) is 36.4 Å². The molecule has 0 bridgehead atoms. The summed E-state index contributed by atoms with van der Waals surface area (Å²) in [5.74, 6) is -0.836. The highest BCUT2D eigenvalue weighted by Gasteiger charge is 2.55. The van der Waals surface area contributed by atoms with Crippen LogP contribution in [-0.4, -0.2) is 51.8 Å². The number of fused-ring (bicyclic) bond motifs is 3. The molecule has 0 spiro atoms. The Hall–Kier alpha value is -3.33. The molecule has 1 saturated heterocycles. The Morgan fingerprint density at radius 1 is 1.00 bits per heavy atom. The van der Waals surface area contributed by atoms with E-state index in [0.717, 1.165) is 5.56 Å². The van der Waals surface area contributed by atoms with Crippen LogP contribution in [0.15, 0.2) is 71.6 Å². The number of carbonyl (C=O) groups is 2. The van der Waals surface area contributed by atoms with Crippen molar-refractivity contribution >= 4 is 27.8 Å². The minimum Gasteiger partial charge on any atom is -0.466 e. The van der Waals surface area contributed by atoms with Crippen molar-refractivity contribution in [3.05, 3.63) is 72.3 Å². The molecular weight excluding hydrogens is 420 g/mol. The molecule has 31 heavy (non-hydrogen) atoms. The number of amides is 1. The van der Waals surface area contributed by atoms with Crippen LogP contribution in [0, 0.1) is 0 Å². The van der Waals surface area contributed by atoms with Crippen molar-refractivity contribution in [1.29, 1.82) is 0 Å². The molecule has 1 fully saturated rings. The number of nitrogens with zero attached hydrogens (tertiary/aromatic N) is 2. The molecule has 2 aliphatic heterocycles. The van der Waals surface area contributed by atoms with Crippen molar-refractivity contribution < 1.29 is 27.5 Å². The Morgan fingerprint density at radius 3 is 2.35 bits per heavy atom. The first-order valence-electron chi connectivity index (χ1n) is 9.71. The summed E-state index contributed by atoms with van der Waals surface area (Å²) >= 11 is 0. The van der Waals surface area contributed by atoms with Gasteiger partial charge in [-0.1, -0.05) is 42.5 Å². The van der Waals surface area contributed by atoms with E-state index >= 15 is 0 Å². The van der Waals surface area contributed by atoms with Gasteiger partial charge in [-0.2, -0.15) is 0 Å². The van der Waals surface area contributed by atoms with Gasteiger partial charge in [0, 0.05) is 12.0 Å². The second-order valence-corrected chi connectivity index (χ2v) is 9.07. The summed E-state index contributed by atoms with van der Waals surface area (Å²) in [6, 6.07) is 14.8. The van der Waals surface area contributed by atoms with Gasteiger partial charge in [0.05, 0.1) is 30.8 Å². The first-order chi connectivity index (χ1) is 14.9. The lowest BCUT2D eigenvalue weighted by atomic mass is 9.96. The highest BCUT2D eigenvalue weighted by Crippen LogP contribution is 2.52. The second kappa shape index (κ2) is 8.07. The fourth-order valence-corrected chi connectivity index (χ4v) is 6.04. The van der Waals surface area contributed by atoms with Gasteiger partial charge in [0.2, 0.25) is 0 Å². The fraction of sp³-hybridized carbons (Fsp3) is 0.273. The van der Waals surface area contributed by atoms with E-state index in [1.807, 2.05) is 12.1 Å². The third kappa shape index (κ3) is 3.44. The molecule has 0 N–H and O–H groups in total. The highest BCUT2D eigenvalue weighted by molar-refractivity contribution is 7.92. The number of hydrogen-bond donors (Lipinski definition) is 0. The number of methoxy groups -OCH3 is 2. The minimum atomic E-state index is -3.97. The monoisotopic (exact) mass is 442 g/mol. The van der Waals surface area contributed by atoms with Gasteiger partial charge >= 0.3 is 12.1 Å². The van der Waals surface area contributed by atoms with Crippen LogP contribution in [0.2, 0.25) is 0 Å². The molecule has 2 aliphatic rings. The van der Waals surface area contributed by atoms with Gasteiger partial charge in [-0.3, -0.25) is 4.90 Å². The molecular formula is C22H22N2O6S. The average Bonchev–Trinajstić information content (AvgIpc) is 3.31. The zero-order valence-electron chi connectivity index (χ0n) is 17.0. The number of esters is 1. The van der Waals surface area contributed by atoms with Gasteiger partial charge in [-0.05, 0) is 30.2 Å². The average molecular weight is 442 g/mol.